The smallest absolute Gasteiger partial charge is 0.326 e. The number of carbonyl (C=O) groups excluding carboxylic acids is 2. The summed E-state index contributed by atoms with van der Waals surface area (Å²) >= 11 is 0. The monoisotopic (exact) mass is 285 g/mol. The molecule has 0 saturated carbocycles. The second-order valence-corrected chi connectivity index (χ2v) is 3.89. The Hall–Kier alpha value is -2.65. The molecule has 0 bridgehead atoms. The zero-order valence-corrected chi connectivity index (χ0v) is 10.5. The van der Waals surface area contributed by atoms with Crippen molar-refractivity contribution < 1.29 is 24.0 Å². The summed E-state index contributed by atoms with van der Waals surface area (Å²) < 4.78 is 4.51. The minimum absolute atomic E-state index is 0.0665. The topological polar surface area (TPSA) is 160 Å². The molecule has 1 aromatic heterocycles. The van der Waals surface area contributed by atoms with E-state index in [1.165, 1.54) is 6.39 Å². The number of primary amides is 1. The summed E-state index contributed by atoms with van der Waals surface area (Å²) in [4.78, 5) is 36.7. The Kier molecular flexibility index (Phi) is 5.94. The van der Waals surface area contributed by atoms with E-state index >= 15 is 0 Å². The molecule has 1 aromatic rings. The number of hydrogen-bond acceptors (Lipinski definition) is 6. The molecule has 110 valence electrons. The summed E-state index contributed by atoms with van der Waals surface area (Å²) in [5, 5.41) is 17.1. The molecule has 0 aliphatic heterocycles. The van der Waals surface area contributed by atoms with Gasteiger partial charge in [0, 0.05) is 19.4 Å². The third-order valence-corrected chi connectivity index (χ3v) is 2.32. The minimum atomic E-state index is -1.24. The van der Waals surface area contributed by atoms with Gasteiger partial charge in [-0.1, -0.05) is 5.16 Å². The number of urea groups is 1. The first-order valence-corrected chi connectivity index (χ1v) is 5.79. The molecule has 5 N–H and O–H groups in total. The van der Waals surface area contributed by atoms with Crippen LogP contribution in [0.4, 0.5) is 4.79 Å². The van der Waals surface area contributed by atoms with Gasteiger partial charge in [-0.15, -0.1) is 0 Å². The fourth-order valence-electron chi connectivity index (χ4n) is 1.34. The maximum absolute atomic E-state index is 11.5. The SMILES string of the molecule is NC(=O)CC[C@@H](NC(=O)NCCc1ncon1)C(=O)O. The number of amides is 3. The molecule has 1 rings (SSSR count). The molecule has 0 spiro atoms. The Bertz CT molecular complexity index is 461. The van der Waals surface area contributed by atoms with Crippen molar-refractivity contribution in [1.29, 1.82) is 0 Å². The van der Waals surface area contributed by atoms with Crippen LogP contribution in [0.2, 0.25) is 0 Å². The Morgan fingerprint density at radius 2 is 2.20 bits per heavy atom. The fourth-order valence-corrected chi connectivity index (χ4v) is 1.34. The van der Waals surface area contributed by atoms with Crippen LogP contribution in [-0.4, -0.2) is 45.7 Å². The van der Waals surface area contributed by atoms with Gasteiger partial charge in [-0.3, -0.25) is 4.79 Å². The first-order valence-electron chi connectivity index (χ1n) is 5.79. The van der Waals surface area contributed by atoms with Crippen molar-refractivity contribution in [2.75, 3.05) is 6.54 Å². The van der Waals surface area contributed by atoms with E-state index in [4.69, 9.17) is 10.8 Å². The number of nitrogens with zero attached hydrogens (tertiary/aromatic N) is 2. The highest BCUT2D eigenvalue weighted by Gasteiger charge is 2.20. The zero-order valence-electron chi connectivity index (χ0n) is 10.5. The standard InChI is InChI=1S/C10H15N5O5/c11-7(16)2-1-6(9(17)18)14-10(19)12-4-3-8-13-5-20-15-8/h5-6H,1-4H2,(H2,11,16)(H,17,18)(H2,12,14,19)/t6-/m1/s1. The van der Waals surface area contributed by atoms with Gasteiger partial charge in [0.05, 0.1) is 0 Å². The number of carbonyl (C=O) groups is 3. The van der Waals surface area contributed by atoms with Crippen LogP contribution in [0, 0.1) is 0 Å². The Labute approximate surface area is 113 Å². The molecular formula is C10H15N5O5. The Morgan fingerprint density at radius 1 is 1.45 bits per heavy atom. The van der Waals surface area contributed by atoms with Gasteiger partial charge in [0.25, 0.3) is 0 Å². The molecule has 1 atom stereocenters. The van der Waals surface area contributed by atoms with E-state index in [9.17, 15) is 14.4 Å². The maximum atomic E-state index is 11.5. The first-order chi connectivity index (χ1) is 9.49. The summed E-state index contributed by atoms with van der Waals surface area (Å²) in [6.07, 6.45) is 1.33. The van der Waals surface area contributed by atoms with E-state index in [1.807, 2.05) is 0 Å². The van der Waals surface area contributed by atoms with Gasteiger partial charge < -0.3 is 26.0 Å². The molecular weight excluding hydrogens is 270 g/mol. The molecule has 0 radical (unpaired) electrons. The van der Waals surface area contributed by atoms with Gasteiger partial charge in [-0.2, -0.15) is 4.98 Å². The average molecular weight is 285 g/mol. The van der Waals surface area contributed by atoms with Crippen molar-refractivity contribution in [2.45, 2.75) is 25.3 Å². The van der Waals surface area contributed by atoms with Crippen LogP contribution >= 0.6 is 0 Å². The van der Waals surface area contributed by atoms with E-state index in [0.717, 1.165) is 0 Å². The third kappa shape index (κ3) is 5.80. The molecule has 10 heteroatoms. The van der Waals surface area contributed by atoms with Crippen LogP contribution in [0.15, 0.2) is 10.9 Å². The molecule has 0 unspecified atom stereocenters. The predicted molar refractivity (Wildman–Crippen MR) is 64.4 cm³/mol. The van der Waals surface area contributed by atoms with Crippen molar-refractivity contribution in [3.63, 3.8) is 0 Å². The normalized spacial score (nSPS) is 11.6. The van der Waals surface area contributed by atoms with Crippen molar-refractivity contribution in [1.82, 2.24) is 20.8 Å². The molecule has 0 fully saturated rings. The van der Waals surface area contributed by atoms with Gasteiger partial charge in [-0.25, -0.2) is 9.59 Å². The van der Waals surface area contributed by atoms with E-state index in [0.29, 0.717) is 12.2 Å². The van der Waals surface area contributed by atoms with Gasteiger partial charge in [0.15, 0.2) is 5.82 Å². The lowest BCUT2D eigenvalue weighted by molar-refractivity contribution is -0.139. The fraction of sp³-hybridized carbons (Fsp3) is 0.500. The first kappa shape index (κ1) is 15.4. The number of carboxylic acids is 1. The van der Waals surface area contributed by atoms with Crippen molar-refractivity contribution >= 4 is 17.9 Å². The lowest BCUT2D eigenvalue weighted by Crippen LogP contribution is -2.46. The van der Waals surface area contributed by atoms with Crippen LogP contribution in [0.5, 0.6) is 0 Å². The van der Waals surface area contributed by atoms with E-state index in [2.05, 4.69) is 25.3 Å². The lowest BCUT2D eigenvalue weighted by atomic mass is 10.1. The second kappa shape index (κ2) is 7.71. The summed E-state index contributed by atoms with van der Waals surface area (Å²) in [6, 6.07) is -1.84. The van der Waals surface area contributed by atoms with Crippen LogP contribution in [0.1, 0.15) is 18.7 Å². The van der Waals surface area contributed by atoms with E-state index in [-0.39, 0.29) is 19.4 Å². The number of aromatic nitrogens is 2. The number of nitrogens with one attached hydrogen (secondary N) is 2. The van der Waals surface area contributed by atoms with Crippen LogP contribution in [0.3, 0.4) is 0 Å². The largest absolute Gasteiger partial charge is 0.480 e. The van der Waals surface area contributed by atoms with E-state index < -0.39 is 23.9 Å². The molecule has 0 aliphatic carbocycles. The molecule has 0 saturated heterocycles. The summed E-state index contributed by atoms with van der Waals surface area (Å²) in [5.74, 6) is -1.44. The van der Waals surface area contributed by atoms with E-state index in [1.54, 1.807) is 0 Å². The van der Waals surface area contributed by atoms with Crippen LogP contribution in [0.25, 0.3) is 0 Å². The molecule has 1 heterocycles. The summed E-state index contributed by atoms with van der Waals surface area (Å²) in [7, 11) is 0. The number of aliphatic carboxylic acids is 1. The molecule has 0 aliphatic rings. The maximum Gasteiger partial charge on any atom is 0.326 e. The number of rotatable bonds is 8. The highest BCUT2D eigenvalue weighted by Crippen LogP contribution is 1.97. The van der Waals surface area contributed by atoms with Gasteiger partial charge in [-0.05, 0) is 6.42 Å². The zero-order chi connectivity index (χ0) is 15.0. The molecule has 0 aromatic carbocycles. The minimum Gasteiger partial charge on any atom is -0.480 e. The predicted octanol–water partition coefficient (Wildman–Crippen LogP) is -1.37. The quantitative estimate of drug-likeness (QED) is 0.458. The third-order valence-electron chi connectivity index (χ3n) is 2.32. The highest BCUT2D eigenvalue weighted by atomic mass is 16.5. The van der Waals surface area contributed by atoms with Gasteiger partial charge in [0.2, 0.25) is 12.3 Å². The average Bonchev–Trinajstić information content (AvgIpc) is 2.87. The molecule has 3 amide bonds. The van der Waals surface area contributed by atoms with Crippen LogP contribution < -0.4 is 16.4 Å². The lowest BCUT2D eigenvalue weighted by Gasteiger charge is -2.14. The highest BCUT2D eigenvalue weighted by molar-refractivity contribution is 5.83. The van der Waals surface area contributed by atoms with Crippen molar-refractivity contribution in [3.8, 4) is 0 Å². The molecule has 20 heavy (non-hydrogen) atoms. The van der Waals surface area contributed by atoms with Gasteiger partial charge in [0.1, 0.15) is 6.04 Å². The summed E-state index contributed by atoms with van der Waals surface area (Å²) in [5.41, 5.74) is 4.92. The van der Waals surface area contributed by atoms with Gasteiger partial charge >= 0.3 is 12.0 Å². The van der Waals surface area contributed by atoms with Crippen molar-refractivity contribution in [3.05, 3.63) is 12.2 Å². The summed E-state index contributed by atoms with van der Waals surface area (Å²) in [6.45, 7) is 0.216. The Morgan fingerprint density at radius 3 is 2.75 bits per heavy atom. The number of nitrogens with two attached hydrogens (primary N) is 1. The number of carboxylic acid groups (broad SMARTS) is 1. The van der Waals surface area contributed by atoms with Crippen molar-refractivity contribution in [2.24, 2.45) is 5.73 Å². The number of hydrogen-bond donors (Lipinski definition) is 4. The Balaban J connectivity index is 2.30. The molecule has 10 nitrogen and oxygen atoms in total. The van der Waals surface area contributed by atoms with Crippen LogP contribution in [-0.2, 0) is 16.0 Å². The second-order valence-electron chi connectivity index (χ2n) is 3.89.